The van der Waals surface area contributed by atoms with Crippen molar-refractivity contribution in [1.82, 2.24) is 0 Å². The number of cyclic esters (lactones) is 1. The lowest BCUT2D eigenvalue weighted by atomic mass is 9.88. The zero-order valence-corrected chi connectivity index (χ0v) is 45.5. The Bertz CT molecular complexity index is 2230. The number of phenolic OH excluding ortho intramolecular Hbond substituents is 1. The lowest BCUT2D eigenvalue weighted by Crippen LogP contribution is -2.64. The third-order valence-electron chi connectivity index (χ3n) is 13.2. The van der Waals surface area contributed by atoms with Crippen LogP contribution in [0.25, 0.3) is 0 Å². The Balaban J connectivity index is 1.64. The molecule has 0 bridgehead atoms. The van der Waals surface area contributed by atoms with Crippen LogP contribution in [-0.2, 0) is 53.9 Å². The molecule has 0 amide bonds. The summed E-state index contributed by atoms with van der Waals surface area (Å²) in [6, 6.07) is 0. The van der Waals surface area contributed by atoms with Gasteiger partial charge in [0.25, 0.3) is 0 Å². The summed E-state index contributed by atoms with van der Waals surface area (Å²) in [5.41, 5.74) is 0.542. The van der Waals surface area contributed by atoms with Crippen LogP contribution in [0.2, 0.25) is 10.0 Å². The molecule has 1 unspecified atom stereocenters. The van der Waals surface area contributed by atoms with Gasteiger partial charge in [0, 0.05) is 19.4 Å². The highest BCUT2D eigenvalue weighted by atomic mass is 35.5. The van der Waals surface area contributed by atoms with Crippen LogP contribution >= 0.6 is 23.2 Å². The highest BCUT2D eigenvalue weighted by molar-refractivity contribution is 6.39. The van der Waals surface area contributed by atoms with Crippen molar-refractivity contribution in [3.05, 3.63) is 79.9 Å². The van der Waals surface area contributed by atoms with Gasteiger partial charge in [-0.2, -0.15) is 0 Å². The van der Waals surface area contributed by atoms with Gasteiger partial charge in [0.1, 0.15) is 41.1 Å². The molecule has 73 heavy (non-hydrogen) atoms. The van der Waals surface area contributed by atoms with Crippen LogP contribution in [0.1, 0.15) is 111 Å². The number of methoxy groups -OCH3 is 2. The molecule has 1 aromatic rings. The van der Waals surface area contributed by atoms with Crippen molar-refractivity contribution in [3.8, 4) is 11.5 Å². The molecule has 18 nitrogen and oxygen atoms in total. The van der Waals surface area contributed by atoms with E-state index in [1.165, 1.54) is 40.2 Å². The Hall–Kier alpha value is -3.89. The summed E-state index contributed by atoms with van der Waals surface area (Å²) in [7, 11) is 2.59. The predicted molar refractivity (Wildman–Crippen MR) is 270 cm³/mol. The number of aliphatic hydroxyl groups is 5. The van der Waals surface area contributed by atoms with Crippen LogP contribution in [0.3, 0.4) is 0 Å². The summed E-state index contributed by atoms with van der Waals surface area (Å²) < 4.78 is 53.2. The molecule has 410 valence electrons. The van der Waals surface area contributed by atoms with Gasteiger partial charge in [-0.05, 0) is 90.5 Å². The second kappa shape index (κ2) is 27.2. The molecule has 14 atom stereocenters. The lowest BCUT2D eigenvalue weighted by molar-refractivity contribution is -0.333. The maximum atomic E-state index is 14.0. The normalized spacial score (nSPS) is 34.5. The molecule has 0 aliphatic carbocycles. The van der Waals surface area contributed by atoms with Crippen molar-refractivity contribution in [2.45, 2.75) is 187 Å². The van der Waals surface area contributed by atoms with Gasteiger partial charge in [0.2, 0.25) is 0 Å². The maximum absolute atomic E-state index is 14.0. The van der Waals surface area contributed by atoms with E-state index in [0.717, 1.165) is 0 Å². The van der Waals surface area contributed by atoms with Gasteiger partial charge >= 0.3 is 17.9 Å². The fourth-order valence-electron chi connectivity index (χ4n) is 8.69. The van der Waals surface area contributed by atoms with Gasteiger partial charge in [-0.15, -0.1) is 0 Å². The number of halogens is 2. The highest BCUT2D eigenvalue weighted by Crippen LogP contribution is 2.46. The molecule has 20 heteroatoms. The second-order valence-electron chi connectivity index (χ2n) is 19.5. The number of carbonyl (C=O) groups excluding carboxylic acids is 3. The summed E-state index contributed by atoms with van der Waals surface area (Å²) in [4.78, 5) is 40.5. The zero-order valence-electron chi connectivity index (χ0n) is 44.0. The van der Waals surface area contributed by atoms with Crippen LogP contribution in [-0.4, -0.2) is 155 Å². The fraction of sp³-hybridized carbons (Fsp3) is 0.642. The summed E-state index contributed by atoms with van der Waals surface area (Å²) in [5.74, 6) is -4.11. The number of allylic oxidation sites excluding steroid dienone is 4. The Morgan fingerprint density at radius 2 is 1.59 bits per heavy atom. The number of hydrogen-bond acceptors (Lipinski definition) is 18. The first-order chi connectivity index (χ1) is 34.2. The van der Waals surface area contributed by atoms with E-state index in [1.54, 1.807) is 53.7 Å². The van der Waals surface area contributed by atoms with Gasteiger partial charge in [-0.1, -0.05) is 86.9 Å². The third kappa shape index (κ3) is 15.2. The third-order valence-corrected chi connectivity index (χ3v) is 13.9. The van der Waals surface area contributed by atoms with Gasteiger partial charge in [-0.3, -0.25) is 4.79 Å². The van der Waals surface area contributed by atoms with E-state index in [2.05, 4.69) is 0 Å². The van der Waals surface area contributed by atoms with Crippen molar-refractivity contribution >= 4 is 41.1 Å². The van der Waals surface area contributed by atoms with E-state index in [-0.39, 0.29) is 51.8 Å². The number of benzene rings is 1. The molecule has 3 aliphatic rings. The second-order valence-corrected chi connectivity index (χ2v) is 20.3. The van der Waals surface area contributed by atoms with Gasteiger partial charge in [0.15, 0.2) is 36.3 Å². The molecule has 4 rings (SSSR count). The largest absolute Gasteiger partial charge is 0.505 e. The average Bonchev–Trinajstić information content (AvgIpc) is 3.33. The van der Waals surface area contributed by atoms with E-state index < -0.39 is 127 Å². The molecular formula is C53H76Cl2O18. The van der Waals surface area contributed by atoms with Crippen LogP contribution < -0.4 is 4.74 Å². The van der Waals surface area contributed by atoms with E-state index in [0.29, 0.717) is 23.1 Å². The van der Waals surface area contributed by atoms with Gasteiger partial charge in [-0.25, -0.2) is 9.59 Å². The summed E-state index contributed by atoms with van der Waals surface area (Å²) in [5, 5.41) is 66.7. The Morgan fingerprint density at radius 1 is 0.918 bits per heavy atom. The quantitative estimate of drug-likeness (QED) is 0.0657. The minimum absolute atomic E-state index is 0.00525. The van der Waals surface area contributed by atoms with Crippen LogP contribution in [0.5, 0.6) is 11.5 Å². The van der Waals surface area contributed by atoms with E-state index >= 15 is 0 Å². The van der Waals surface area contributed by atoms with E-state index in [4.69, 9.17) is 65.8 Å². The molecule has 2 saturated heterocycles. The first-order valence-corrected chi connectivity index (χ1v) is 25.3. The average molecular weight is 1070 g/mol. The lowest BCUT2D eigenvalue weighted by Gasteiger charge is -2.47. The zero-order chi connectivity index (χ0) is 54.8. The van der Waals surface area contributed by atoms with Crippen LogP contribution in [0, 0.1) is 11.8 Å². The number of rotatable bonds is 14. The first-order valence-electron chi connectivity index (χ1n) is 24.6. The standard InChI is InChI=1S/C53H76Cl2O18/c1-14-31-23-27(6)34(57)19-17-16-18-32(24-67-51-45(66-13)40(59)43(30(9)68-51)70-50(64)36-33(15-2)37(54)44(65-12)38(55)39(36)58)49(63)69-35(29(8)56)21-20-26(5)22-28(7)42(31)72-52-46(71-48(62)25(3)4)41(60)47(61)53(10,11)73-52/h16-18,20,22-23,25,29-31,34-35,40-43,45-47,51-52,56-61H,14-15,19,21,24H2,1-13H3/b17-16-,26-20+,27-23+,28-22+,32-18+/t29-,30-,31+,34+,35+,40+,41-,42?,43-,45+,46+,47+,51-,52-/m1/s1. The number of aliphatic hydroxyl groups excluding tert-OH is 5. The fourth-order valence-corrected chi connectivity index (χ4v) is 9.40. The molecular weight excluding hydrogens is 995 g/mol. The minimum Gasteiger partial charge on any atom is -0.505 e. The Kier molecular flexibility index (Phi) is 23.0. The van der Waals surface area contributed by atoms with E-state index in [9.17, 15) is 45.0 Å². The number of aromatic hydroxyl groups is 1. The van der Waals surface area contributed by atoms with Gasteiger partial charge in [0.05, 0.1) is 60.2 Å². The number of carbonyl (C=O) groups is 3. The molecule has 0 spiro atoms. The number of phenols is 1. The van der Waals surface area contributed by atoms with Gasteiger partial charge < -0.3 is 73.3 Å². The van der Waals surface area contributed by atoms with E-state index in [1.807, 2.05) is 32.9 Å². The van der Waals surface area contributed by atoms with Crippen molar-refractivity contribution < 1.29 is 87.7 Å². The highest BCUT2D eigenvalue weighted by Gasteiger charge is 2.53. The van der Waals surface area contributed by atoms with Crippen molar-refractivity contribution in [2.75, 3.05) is 20.8 Å². The summed E-state index contributed by atoms with van der Waals surface area (Å²) >= 11 is 12.8. The molecule has 0 saturated carbocycles. The molecule has 6 N–H and O–H groups in total. The first kappa shape index (κ1) is 61.7. The maximum Gasteiger partial charge on any atom is 0.342 e. The van der Waals surface area contributed by atoms with Crippen molar-refractivity contribution in [2.24, 2.45) is 11.8 Å². The monoisotopic (exact) mass is 1070 g/mol. The molecule has 3 heterocycles. The molecule has 0 aromatic heterocycles. The Morgan fingerprint density at radius 3 is 2.18 bits per heavy atom. The van der Waals surface area contributed by atoms with Crippen molar-refractivity contribution in [1.29, 1.82) is 0 Å². The molecule has 2 fully saturated rings. The predicted octanol–water partition coefficient (Wildman–Crippen LogP) is 6.54. The van der Waals surface area contributed by atoms with Crippen LogP contribution in [0.4, 0.5) is 0 Å². The van der Waals surface area contributed by atoms with Crippen molar-refractivity contribution in [3.63, 3.8) is 0 Å². The minimum atomic E-state index is -1.55. The molecule has 3 aliphatic heterocycles. The summed E-state index contributed by atoms with van der Waals surface area (Å²) in [6.07, 6.45) is -5.15. The topological polar surface area (TPSA) is 256 Å². The number of esters is 3. The Labute approximate surface area is 438 Å². The SMILES string of the molecule is CCc1c(Cl)c(OC)c(Cl)c(O)c1C(=O)O[C@H]1[C@H](O)[C@H](OC)[C@H](OC/C2=C\C=C/C[C@H](O)/C(C)=C/[C@H](CC)C(O[C@@H]3OC(C)(C)[C@@H](O)[C@H](O)[C@@H]3OC(=O)C(C)C)/C(C)=C/C(C)=C/C[C@@H]([C@@H](C)O)OC2=O)O[C@@H]1C. The molecule has 0 radical (unpaired) electrons. The van der Waals surface area contributed by atoms with Crippen LogP contribution in [0.15, 0.2) is 58.7 Å². The number of ether oxygens (including phenoxy) is 9. The molecule has 1 aromatic carbocycles. The number of hydrogen-bond donors (Lipinski definition) is 6. The summed E-state index contributed by atoms with van der Waals surface area (Å²) in [6.45, 7) is 18.1. The smallest absolute Gasteiger partial charge is 0.342 e.